The minimum atomic E-state index is -4.60. The molecule has 2 aromatic rings. The SMILES string of the molecule is Cc1cc(S(=O)(=O)Nc2cccc(C(F)(F)F)c2)sc1C(=O)O. The zero-order chi connectivity index (χ0) is 17.4. The van der Waals surface area contributed by atoms with Gasteiger partial charge in [-0.15, -0.1) is 11.3 Å². The Bertz CT molecular complexity index is 856. The molecule has 0 radical (unpaired) electrons. The summed E-state index contributed by atoms with van der Waals surface area (Å²) in [7, 11) is -4.17. The molecule has 0 aliphatic carbocycles. The molecule has 0 unspecified atom stereocenters. The maximum atomic E-state index is 12.6. The van der Waals surface area contributed by atoms with Gasteiger partial charge in [0.25, 0.3) is 10.0 Å². The molecule has 1 aromatic carbocycles. The van der Waals surface area contributed by atoms with Crippen LogP contribution in [-0.4, -0.2) is 19.5 Å². The number of halogens is 3. The van der Waals surface area contributed by atoms with Gasteiger partial charge >= 0.3 is 12.1 Å². The largest absolute Gasteiger partial charge is 0.477 e. The van der Waals surface area contributed by atoms with Gasteiger partial charge in [0.1, 0.15) is 9.09 Å². The fourth-order valence-electron chi connectivity index (χ4n) is 1.76. The average molecular weight is 365 g/mol. The second-order valence-electron chi connectivity index (χ2n) is 4.57. The van der Waals surface area contributed by atoms with E-state index in [1.165, 1.54) is 13.0 Å². The third kappa shape index (κ3) is 3.82. The monoisotopic (exact) mass is 365 g/mol. The molecule has 0 atom stereocenters. The van der Waals surface area contributed by atoms with Crippen molar-refractivity contribution in [2.24, 2.45) is 0 Å². The quantitative estimate of drug-likeness (QED) is 0.868. The molecule has 0 saturated carbocycles. The molecule has 0 aliphatic heterocycles. The summed E-state index contributed by atoms with van der Waals surface area (Å²) in [6.45, 7) is 1.43. The predicted octanol–water partition coefficient (Wildman–Crippen LogP) is 3.57. The molecule has 124 valence electrons. The van der Waals surface area contributed by atoms with Crippen LogP contribution in [0.15, 0.2) is 34.5 Å². The van der Waals surface area contributed by atoms with Gasteiger partial charge < -0.3 is 5.11 Å². The van der Waals surface area contributed by atoms with Gasteiger partial charge in [-0.05, 0) is 36.8 Å². The smallest absolute Gasteiger partial charge is 0.416 e. The number of carboxylic acids is 1. The number of sulfonamides is 1. The van der Waals surface area contributed by atoms with Crippen molar-refractivity contribution >= 4 is 33.0 Å². The van der Waals surface area contributed by atoms with Crippen molar-refractivity contribution in [1.29, 1.82) is 0 Å². The summed E-state index contributed by atoms with van der Waals surface area (Å²) in [5.74, 6) is -1.27. The topological polar surface area (TPSA) is 83.5 Å². The van der Waals surface area contributed by atoms with E-state index in [0.717, 1.165) is 18.2 Å². The van der Waals surface area contributed by atoms with Gasteiger partial charge in [-0.25, -0.2) is 13.2 Å². The van der Waals surface area contributed by atoms with Crippen LogP contribution in [0.2, 0.25) is 0 Å². The third-order valence-corrected chi connectivity index (χ3v) is 5.88. The summed E-state index contributed by atoms with van der Waals surface area (Å²) < 4.78 is 64.0. The van der Waals surface area contributed by atoms with E-state index in [9.17, 15) is 26.4 Å². The Balaban J connectivity index is 2.36. The number of anilines is 1. The standard InChI is InChI=1S/C13H10F3NO4S2/c1-7-5-10(22-11(7)12(18)19)23(20,21)17-9-4-2-3-8(6-9)13(14,15)16/h2-6,17H,1H3,(H,18,19). The van der Waals surface area contributed by atoms with Gasteiger partial charge in [-0.1, -0.05) is 6.07 Å². The Labute approximate surface area is 133 Å². The molecule has 23 heavy (non-hydrogen) atoms. The van der Waals surface area contributed by atoms with Gasteiger partial charge in [0.15, 0.2) is 0 Å². The maximum absolute atomic E-state index is 12.6. The van der Waals surface area contributed by atoms with Crippen LogP contribution in [0.5, 0.6) is 0 Å². The molecule has 10 heteroatoms. The average Bonchev–Trinajstić information content (AvgIpc) is 2.80. The first-order valence-electron chi connectivity index (χ1n) is 6.04. The minimum Gasteiger partial charge on any atom is -0.477 e. The van der Waals surface area contributed by atoms with Crippen LogP contribution in [0.4, 0.5) is 18.9 Å². The Kier molecular flexibility index (Phi) is 4.40. The molecule has 0 bridgehead atoms. The third-order valence-electron chi connectivity index (χ3n) is 2.80. The van der Waals surface area contributed by atoms with E-state index in [2.05, 4.69) is 0 Å². The van der Waals surface area contributed by atoms with E-state index < -0.39 is 27.7 Å². The van der Waals surface area contributed by atoms with E-state index in [1.54, 1.807) is 0 Å². The summed E-state index contributed by atoms with van der Waals surface area (Å²) in [5, 5.41) is 8.93. The first-order valence-corrected chi connectivity index (χ1v) is 8.34. The van der Waals surface area contributed by atoms with E-state index in [0.29, 0.717) is 17.4 Å². The van der Waals surface area contributed by atoms with Crippen LogP contribution in [-0.2, 0) is 16.2 Å². The normalized spacial score (nSPS) is 12.2. The summed E-state index contributed by atoms with van der Waals surface area (Å²) in [5.41, 5.74) is -0.999. The summed E-state index contributed by atoms with van der Waals surface area (Å²) >= 11 is 0.531. The summed E-state index contributed by atoms with van der Waals surface area (Å²) in [6.07, 6.45) is -4.60. The number of hydrogen-bond acceptors (Lipinski definition) is 4. The van der Waals surface area contributed by atoms with Crippen molar-refractivity contribution < 1.29 is 31.5 Å². The van der Waals surface area contributed by atoms with Gasteiger partial charge in [0.2, 0.25) is 0 Å². The molecule has 0 saturated heterocycles. The molecular weight excluding hydrogens is 355 g/mol. The van der Waals surface area contributed by atoms with E-state index in [4.69, 9.17) is 5.11 Å². The molecular formula is C13H10F3NO4S2. The zero-order valence-corrected chi connectivity index (χ0v) is 13.1. The second-order valence-corrected chi connectivity index (χ2v) is 7.53. The number of carbonyl (C=O) groups is 1. The number of benzene rings is 1. The first kappa shape index (κ1) is 17.3. The van der Waals surface area contributed by atoms with Crippen LogP contribution in [0.3, 0.4) is 0 Å². The number of carboxylic acid groups (broad SMARTS) is 1. The van der Waals surface area contributed by atoms with Gasteiger partial charge in [0, 0.05) is 5.69 Å². The highest BCUT2D eigenvalue weighted by Crippen LogP contribution is 2.32. The number of thiophene rings is 1. The molecule has 2 rings (SSSR count). The zero-order valence-electron chi connectivity index (χ0n) is 11.5. The minimum absolute atomic E-state index is 0.144. The maximum Gasteiger partial charge on any atom is 0.416 e. The Hall–Kier alpha value is -2.07. The number of hydrogen-bond donors (Lipinski definition) is 2. The van der Waals surface area contributed by atoms with Crippen molar-refractivity contribution in [1.82, 2.24) is 0 Å². The summed E-state index contributed by atoms with van der Waals surface area (Å²) in [4.78, 5) is 10.8. The van der Waals surface area contributed by atoms with Crippen molar-refractivity contribution in [3.8, 4) is 0 Å². The lowest BCUT2D eigenvalue weighted by molar-refractivity contribution is -0.137. The van der Waals surface area contributed by atoms with Crippen molar-refractivity contribution in [3.63, 3.8) is 0 Å². The van der Waals surface area contributed by atoms with Crippen LogP contribution in [0, 0.1) is 6.92 Å². The lowest BCUT2D eigenvalue weighted by Gasteiger charge is -2.10. The van der Waals surface area contributed by atoms with Gasteiger partial charge in [0.05, 0.1) is 5.56 Å². The lowest BCUT2D eigenvalue weighted by Crippen LogP contribution is -2.12. The van der Waals surface area contributed by atoms with Crippen LogP contribution >= 0.6 is 11.3 Å². The Morgan fingerprint density at radius 2 is 1.91 bits per heavy atom. The van der Waals surface area contributed by atoms with Crippen LogP contribution in [0.1, 0.15) is 20.8 Å². The Morgan fingerprint density at radius 1 is 1.26 bits per heavy atom. The van der Waals surface area contributed by atoms with Gasteiger partial charge in [-0.3, -0.25) is 4.72 Å². The molecule has 0 aliphatic rings. The molecule has 0 fully saturated rings. The number of rotatable bonds is 4. The highest BCUT2D eigenvalue weighted by Gasteiger charge is 2.31. The number of aryl methyl sites for hydroxylation is 1. The molecule has 1 heterocycles. The van der Waals surface area contributed by atoms with Crippen molar-refractivity contribution in [2.45, 2.75) is 17.3 Å². The van der Waals surface area contributed by atoms with Gasteiger partial charge in [-0.2, -0.15) is 13.2 Å². The van der Waals surface area contributed by atoms with Crippen molar-refractivity contribution in [2.75, 3.05) is 4.72 Å². The number of nitrogens with one attached hydrogen (secondary N) is 1. The second kappa shape index (κ2) is 5.85. The predicted molar refractivity (Wildman–Crippen MR) is 78.3 cm³/mol. The van der Waals surface area contributed by atoms with Crippen molar-refractivity contribution in [3.05, 3.63) is 46.3 Å². The lowest BCUT2D eigenvalue weighted by atomic mass is 10.2. The van der Waals surface area contributed by atoms with Crippen LogP contribution in [0.25, 0.3) is 0 Å². The summed E-state index contributed by atoms with van der Waals surface area (Å²) in [6, 6.07) is 4.88. The highest BCUT2D eigenvalue weighted by atomic mass is 32.2. The molecule has 1 aromatic heterocycles. The fourth-order valence-corrected chi connectivity index (χ4v) is 4.19. The molecule has 2 N–H and O–H groups in total. The molecule has 0 spiro atoms. The highest BCUT2D eigenvalue weighted by molar-refractivity contribution is 7.94. The number of alkyl halides is 3. The van der Waals surface area contributed by atoms with E-state index in [-0.39, 0.29) is 20.3 Å². The van der Waals surface area contributed by atoms with E-state index in [1.807, 2.05) is 4.72 Å². The fraction of sp³-hybridized carbons (Fsp3) is 0.154. The molecule has 0 amide bonds. The van der Waals surface area contributed by atoms with E-state index >= 15 is 0 Å². The Morgan fingerprint density at radius 3 is 2.43 bits per heavy atom. The van der Waals surface area contributed by atoms with Crippen LogP contribution < -0.4 is 4.72 Å². The molecule has 5 nitrogen and oxygen atoms in total. The first-order chi connectivity index (χ1) is 10.5. The number of aromatic carboxylic acids is 1.